The second kappa shape index (κ2) is 29.5. The van der Waals surface area contributed by atoms with Crippen molar-refractivity contribution in [2.75, 3.05) is 31.1 Å². The molecule has 0 spiro atoms. The van der Waals surface area contributed by atoms with Crippen LogP contribution in [0.3, 0.4) is 0 Å². The number of benzene rings is 1. The van der Waals surface area contributed by atoms with Gasteiger partial charge in [-0.3, -0.25) is 57.7 Å². The fraction of sp³-hybridized carbons (Fsp3) is 0.581. The molecular weight excluding hydrogens is 983 g/mol. The van der Waals surface area contributed by atoms with Gasteiger partial charge in [0, 0.05) is 37.4 Å². The minimum absolute atomic E-state index is 0.00520. The lowest BCUT2D eigenvalue weighted by atomic mass is 9.96. The van der Waals surface area contributed by atoms with Gasteiger partial charge in [-0.25, -0.2) is 0 Å². The van der Waals surface area contributed by atoms with E-state index in [-0.39, 0.29) is 62.0 Å². The average Bonchev–Trinajstić information content (AvgIpc) is 3.82. The first-order chi connectivity index (χ1) is 34.0. The van der Waals surface area contributed by atoms with Crippen LogP contribution in [0.15, 0.2) is 29.3 Å². The molecule has 0 aromatic heterocycles. The molecular formula is C43H67N15O12S2. The van der Waals surface area contributed by atoms with Crippen molar-refractivity contribution in [3.05, 3.63) is 29.8 Å². The van der Waals surface area contributed by atoms with Crippen molar-refractivity contribution in [3.8, 4) is 5.75 Å². The van der Waals surface area contributed by atoms with Gasteiger partial charge in [0.05, 0.1) is 19.0 Å². The van der Waals surface area contributed by atoms with E-state index in [1.807, 2.05) is 0 Å². The Morgan fingerprint density at radius 3 is 2.06 bits per heavy atom. The molecule has 72 heavy (non-hydrogen) atoms. The van der Waals surface area contributed by atoms with Crippen LogP contribution < -0.4 is 71.6 Å². The molecule has 0 radical (unpaired) electrons. The highest BCUT2D eigenvalue weighted by Gasteiger charge is 2.41. The molecule has 11 amide bonds. The largest absolute Gasteiger partial charge is 0.508 e. The first-order valence-electron chi connectivity index (χ1n) is 23.1. The van der Waals surface area contributed by atoms with Crippen LogP contribution >= 0.6 is 21.6 Å². The summed E-state index contributed by atoms with van der Waals surface area (Å²) in [6.07, 6.45) is -0.813. The molecule has 20 N–H and O–H groups in total. The Morgan fingerprint density at radius 1 is 0.806 bits per heavy atom. The van der Waals surface area contributed by atoms with E-state index in [0.29, 0.717) is 18.4 Å². The molecule has 2 saturated heterocycles. The molecule has 27 nitrogen and oxygen atoms in total. The number of nitrogens with one attached hydrogen (secondary N) is 7. The molecule has 0 aliphatic carbocycles. The molecule has 29 heteroatoms. The normalized spacial score (nSPS) is 23.6. The molecule has 1 aromatic carbocycles. The summed E-state index contributed by atoms with van der Waals surface area (Å²) >= 11 is 0. The number of phenolic OH excluding ortho intramolecular Hbond substituents is 1. The zero-order valence-electron chi connectivity index (χ0n) is 40.0. The van der Waals surface area contributed by atoms with Gasteiger partial charge in [0.2, 0.25) is 65.0 Å². The minimum Gasteiger partial charge on any atom is -0.508 e. The summed E-state index contributed by atoms with van der Waals surface area (Å²) in [6.45, 7) is 2.95. The molecule has 0 bridgehead atoms. The number of hydrogen-bond acceptors (Lipinski definition) is 16. The van der Waals surface area contributed by atoms with E-state index >= 15 is 0 Å². The zero-order valence-corrected chi connectivity index (χ0v) is 41.7. The third-order valence-corrected chi connectivity index (χ3v) is 14.0. The minimum atomic E-state index is -1.78. The van der Waals surface area contributed by atoms with Crippen LogP contribution in [0.1, 0.15) is 70.8 Å². The SMILES string of the molecule is CC[C@@H](C)[C@@H]1NC(=O)[C@H](Cc2ccc(O)cc2)NC(=O)[C@@H](N)CSSC[C@@H](C(=O)N2CCC[C@H]2C(=O)N[C@@H](CCCN=C(N)N)C(=O)NCC(N)=O)NC(=O)[C@H](CC(N)=O)NC(=O)C(CCC(N)=O)NC1=O. The quantitative estimate of drug-likeness (QED) is 0.0266. The number of phenols is 1. The number of nitrogens with two attached hydrogens (primary N) is 6. The standard InChI is InChI=1S/C43H67N15O12S2/c1-3-21(2)34-41(69)53-26(12-13-31(45)60)37(65)55-28(17-32(46)61)38(66)56-29(20-72-71-19-24(44)35(63)54-27(39(67)57-34)16-22-8-10-23(59)11-9-22)42(70)58-15-5-7-30(58)40(68)52-25(6-4-14-50-43(48)49)36(64)51-18-33(47)62/h8-11,21,24-30,34,59H,3-7,12-20,44H2,1-2H3,(H2,45,60)(H2,46,61)(H2,47,62)(H,51,64)(H,52,68)(H,53,69)(H,54,63)(H,55,65)(H,56,66)(H,57,67)(H4,48,49,50)/t21-,24+,25+,26?,27+,28+,29+,30+,34+/m1/s1. The number of rotatable bonds is 19. The number of amides is 11. The second-order valence-electron chi connectivity index (χ2n) is 17.2. The molecule has 2 heterocycles. The number of nitrogens with zero attached hydrogens (tertiary/aromatic N) is 2. The number of primary amides is 3. The number of guanidine groups is 1. The second-order valence-corrected chi connectivity index (χ2v) is 19.8. The van der Waals surface area contributed by atoms with Crippen molar-refractivity contribution < 1.29 is 57.8 Å². The highest BCUT2D eigenvalue weighted by Crippen LogP contribution is 2.26. The third-order valence-electron chi connectivity index (χ3n) is 11.5. The van der Waals surface area contributed by atoms with E-state index in [1.165, 1.54) is 29.2 Å². The van der Waals surface area contributed by atoms with Gasteiger partial charge >= 0.3 is 0 Å². The first-order valence-corrected chi connectivity index (χ1v) is 25.6. The number of aliphatic imine (C=N–C) groups is 1. The van der Waals surface area contributed by atoms with Gasteiger partial charge in [-0.1, -0.05) is 54.0 Å². The molecule has 398 valence electrons. The van der Waals surface area contributed by atoms with E-state index in [2.05, 4.69) is 42.2 Å². The smallest absolute Gasteiger partial charge is 0.246 e. The number of aromatic hydroxyl groups is 1. The van der Waals surface area contributed by atoms with Crippen LogP contribution in [-0.4, -0.2) is 160 Å². The van der Waals surface area contributed by atoms with Gasteiger partial charge in [0.25, 0.3) is 0 Å². The Morgan fingerprint density at radius 2 is 1.43 bits per heavy atom. The average molecular weight is 1050 g/mol. The van der Waals surface area contributed by atoms with Crippen molar-refractivity contribution in [2.24, 2.45) is 45.3 Å². The van der Waals surface area contributed by atoms with E-state index in [9.17, 15) is 57.8 Å². The van der Waals surface area contributed by atoms with Crippen LogP contribution in [-0.2, 0) is 59.2 Å². The Hall–Kier alpha value is -6.88. The number of carbonyl (C=O) groups is 11. The third kappa shape index (κ3) is 19.7. The highest BCUT2D eigenvalue weighted by molar-refractivity contribution is 8.76. The molecule has 1 aromatic rings. The first kappa shape index (κ1) is 59.4. The summed E-state index contributed by atoms with van der Waals surface area (Å²) in [5.74, 6) is -10.9. The summed E-state index contributed by atoms with van der Waals surface area (Å²) in [6, 6.07) is -5.40. The summed E-state index contributed by atoms with van der Waals surface area (Å²) in [4.78, 5) is 152. The van der Waals surface area contributed by atoms with Gasteiger partial charge in [-0.05, 0) is 55.7 Å². The van der Waals surface area contributed by atoms with Gasteiger partial charge < -0.3 is 81.6 Å². The zero-order chi connectivity index (χ0) is 53.7. The summed E-state index contributed by atoms with van der Waals surface area (Å²) < 4.78 is 0. The fourth-order valence-corrected chi connectivity index (χ4v) is 9.69. The lowest BCUT2D eigenvalue weighted by molar-refractivity contribution is -0.142. The topological polar surface area (TPSA) is 464 Å². The maximum atomic E-state index is 14.5. The summed E-state index contributed by atoms with van der Waals surface area (Å²) in [5.41, 5.74) is 33.7. The van der Waals surface area contributed by atoms with Crippen LogP contribution in [0.4, 0.5) is 0 Å². The van der Waals surface area contributed by atoms with Gasteiger partial charge in [0.15, 0.2) is 5.96 Å². The van der Waals surface area contributed by atoms with E-state index in [1.54, 1.807) is 13.8 Å². The summed E-state index contributed by atoms with van der Waals surface area (Å²) in [7, 11) is 2.00. The van der Waals surface area contributed by atoms with Crippen LogP contribution in [0.2, 0.25) is 0 Å². The lowest BCUT2D eigenvalue weighted by Crippen LogP contribution is -2.61. The monoisotopic (exact) mass is 1050 g/mol. The number of hydrogen-bond donors (Lipinski definition) is 14. The van der Waals surface area contributed by atoms with Crippen LogP contribution in [0.25, 0.3) is 0 Å². The molecule has 1 unspecified atom stereocenters. The van der Waals surface area contributed by atoms with Crippen molar-refractivity contribution in [1.82, 2.24) is 42.1 Å². The highest BCUT2D eigenvalue weighted by atomic mass is 33.1. The summed E-state index contributed by atoms with van der Waals surface area (Å²) in [5, 5.41) is 27.6. The van der Waals surface area contributed by atoms with Gasteiger partial charge in [-0.2, -0.15) is 0 Å². The maximum Gasteiger partial charge on any atom is 0.246 e. The van der Waals surface area contributed by atoms with Crippen molar-refractivity contribution in [1.29, 1.82) is 0 Å². The molecule has 2 aliphatic heterocycles. The fourth-order valence-electron chi connectivity index (χ4n) is 7.41. The van der Waals surface area contributed by atoms with E-state index in [0.717, 1.165) is 21.6 Å². The Labute approximate surface area is 423 Å². The lowest BCUT2D eigenvalue weighted by Gasteiger charge is -2.31. The predicted octanol–water partition coefficient (Wildman–Crippen LogP) is -5.60. The molecule has 2 fully saturated rings. The van der Waals surface area contributed by atoms with Crippen LogP contribution in [0, 0.1) is 5.92 Å². The Balaban J connectivity index is 2.04. The van der Waals surface area contributed by atoms with Crippen molar-refractivity contribution in [3.63, 3.8) is 0 Å². The van der Waals surface area contributed by atoms with Crippen LogP contribution in [0.5, 0.6) is 5.75 Å². The van der Waals surface area contributed by atoms with Gasteiger partial charge in [0.1, 0.15) is 48.0 Å². The molecule has 9 atom stereocenters. The maximum absolute atomic E-state index is 14.5. The van der Waals surface area contributed by atoms with Crippen molar-refractivity contribution in [2.45, 2.75) is 120 Å². The molecule has 0 saturated carbocycles. The Bertz CT molecular complexity index is 2170. The van der Waals surface area contributed by atoms with E-state index < -0.39 is 145 Å². The molecule has 2 aliphatic rings. The van der Waals surface area contributed by atoms with E-state index in [4.69, 9.17) is 34.4 Å². The predicted molar refractivity (Wildman–Crippen MR) is 265 cm³/mol. The van der Waals surface area contributed by atoms with Crippen molar-refractivity contribution >= 4 is 92.5 Å². The number of likely N-dealkylation sites (tertiary alicyclic amines) is 1. The Kier molecular flexibility index (Phi) is 24.3. The molecule has 3 rings (SSSR count). The number of carbonyl (C=O) groups excluding carboxylic acids is 11. The van der Waals surface area contributed by atoms with Gasteiger partial charge in [-0.15, -0.1) is 0 Å².